The van der Waals surface area contributed by atoms with Crippen LogP contribution in [0.2, 0.25) is 0 Å². The van der Waals surface area contributed by atoms with Crippen LogP contribution in [-0.4, -0.2) is 26.5 Å². The maximum atomic E-state index is 6.00. The zero-order valence-corrected chi connectivity index (χ0v) is 12.4. The van der Waals surface area contributed by atoms with Gasteiger partial charge in [0.15, 0.2) is 0 Å². The Hall–Kier alpha value is 1.23. The van der Waals surface area contributed by atoms with Crippen molar-refractivity contribution in [3.05, 3.63) is 44.6 Å². The Morgan fingerprint density at radius 1 is 0.385 bits per heavy atom. The van der Waals surface area contributed by atoms with Gasteiger partial charge < -0.3 is 50.0 Å². The minimum Gasteiger partial charge on any atom is -0.412 e. The van der Waals surface area contributed by atoms with E-state index in [-0.39, 0.29) is 93.5 Å². The summed E-state index contributed by atoms with van der Waals surface area (Å²) in [5, 5.41) is 24.0. The van der Waals surface area contributed by atoms with Crippen LogP contribution in [0.25, 0.3) is 0 Å². The van der Waals surface area contributed by atoms with Gasteiger partial charge in [0.25, 0.3) is 0 Å². The van der Waals surface area contributed by atoms with Crippen molar-refractivity contribution in [1.82, 2.24) is 0 Å². The molecule has 0 aromatic heterocycles. The minimum absolute atomic E-state index is 0. The third kappa shape index (κ3) is 1100. The second-order valence-electron chi connectivity index (χ2n) is 0. The van der Waals surface area contributed by atoms with Crippen LogP contribution in [-0.2, 0) is 43.4 Å². The molecule has 0 spiro atoms. The second kappa shape index (κ2) is 1310. The molecule has 2 radical (unpaired) electrons. The fourth-order valence-electron chi connectivity index (χ4n) is 0. The van der Waals surface area contributed by atoms with Crippen LogP contribution in [0.1, 0.15) is 0 Å². The summed E-state index contributed by atoms with van der Waals surface area (Å²) in [7, 11) is 0. The molecular weight excluding hydrogens is 248 g/mol. The van der Waals surface area contributed by atoms with E-state index in [1.165, 1.54) is 0 Å². The van der Waals surface area contributed by atoms with Gasteiger partial charge in [-0.25, -0.2) is 0 Å². The largest absolute Gasteiger partial charge is 3.00 e. The van der Waals surface area contributed by atoms with Gasteiger partial charge in [0.1, 0.15) is 0 Å². The van der Waals surface area contributed by atoms with Crippen molar-refractivity contribution < 1.29 is 69.9 Å². The first-order valence-electron chi connectivity index (χ1n) is 0.400. The van der Waals surface area contributed by atoms with E-state index in [1.54, 1.807) is 0 Å². The first kappa shape index (κ1) is 239. The maximum absolute atomic E-state index is 6.00. The first-order valence-corrected chi connectivity index (χ1v) is 0.400. The van der Waals surface area contributed by atoms with Crippen molar-refractivity contribution in [2.24, 2.45) is 0 Å². The molecule has 86 valence electrons. The molecule has 0 saturated heterocycles. The third-order valence-corrected chi connectivity index (χ3v) is 0. The molecule has 0 atom stereocenters. The monoisotopic (exact) mass is 272 g/mol. The summed E-state index contributed by atoms with van der Waals surface area (Å²) in [5.41, 5.74) is 0. The van der Waals surface area contributed by atoms with Gasteiger partial charge in [0, 0.05) is 0 Å². The Labute approximate surface area is 114 Å². The minimum atomic E-state index is 0. The van der Waals surface area contributed by atoms with Crippen molar-refractivity contribution in [2.45, 2.75) is 0 Å². The van der Waals surface area contributed by atoms with Crippen molar-refractivity contribution in [2.75, 3.05) is 0 Å². The Kier molecular flexibility index (Phi) is 24100. The summed E-state index contributed by atoms with van der Waals surface area (Å²) in [5.74, 6) is 0. The number of rotatable bonds is 0. The van der Waals surface area contributed by atoms with Crippen molar-refractivity contribution in [3.63, 3.8) is 0 Å². The van der Waals surface area contributed by atoms with Gasteiger partial charge in [0.2, 0.25) is 0 Å². The van der Waals surface area contributed by atoms with Gasteiger partial charge in [-0.1, -0.05) is 0 Å². The fraction of sp³-hybridized carbons (Fsp3) is 0. The average Bonchev–Trinajstić information content (AvgIpc) is 1.50. The molecule has 0 unspecified atom stereocenters. The van der Waals surface area contributed by atoms with Gasteiger partial charge in [-0.2, -0.15) is 0 Å². The van der Waals surface area contributed by atoms with Crippen LogP contribution in [0.5, 0.6) is 0 Å². The molecule has 0 aromatic carbocycles. The summed E-state index contributed by atoms with van der Waals surface area (Å²) in [6, 6.07) is 0. The maximum Gasteiger partial charge on any atom is 3.00 e. The van der Waals surface area contributed by atoms with Gasteiger partial charge in [0.05, 0.1) is 0 Å². The van der Waals surface area contributed by atoms with Crippen LogP contribution in [0.3, 0.4) is 0 Å². The van der Waals surface area contributed by atoms with E-state index in [0.717, 1.165) is 0 Å². The molecule has 0 amide bonds. The fourth-order valence-corrected chi connectivity index (χ4v) is 0. The molecule has 0 heterocycles. The molecule has 0 aliphatic heterocycles. The smallest absolute Gasteiger partial charge is 0.412 e. The van der Waals surface area contributed by atoms with Crippen molar-refractivity contribution >= 4 is 0 Å². The normalized spacial score (nSPS) is 0.923. The molecule has 0 fully saturated rings. The van der Waals surface area contributed by atoms with E-state index in [4.69, 9.17) is 21.0 Å². The topological polar surface area (TPSA) is 112 Å². The Morgan fingerprint density at radius 2 is 0.385 bits per heavy atom. The molecule has 0 aliphatic carbocycles. The third-order valence-electron chi connectivity index (χ3n) is 0. The first-order chi connectivity index (χ1) is 2.00. The predicted molar refractivity (Wildman–Crippen MR) is 52.6 cm³/mol. The standard InChI is InChI=1S/6CH3.2H2O2.H2O.2Ti/c;;;;;;2*1-2;;;/h6*1H3;2*1-2H;1H2;;/q6*-1;;;;2*+3. The Balaban J connectivity index is -0.000000000404. The van der Waals surface area contributed by atoms with Gasteiger partial charge >= 0.3 is 43.4 Å². The van der Waals surface area contributed by atoms with E-state index in [1.807, 2.05) is 0 Å². The van der Waals surface area contributed by atoms with Crippen LogP contribution < -0.4 is 0 Å². The van der Waals surface area contributed by atoms with Gasteiger partial charge in [-0.15, -0.1) is 0 Å². The predicted octanol–water partition coefficient (Wildman–Crippen LogP) is 1.91. The van der Waals surface area contributed by atoms with Crippen molar-refractivity contribution in [1.29, 1.82) is 0 Å². The average molecular weight is 272 g/mol. The molecule has 0 aromatic rings. The molecular formula is C6H24O5Ti2. The summed E-state index contributed by atoms with van der Waals surface area (Å²) < 4.78 is 0. The van der Waals surface area contributed by atoms with Crippen LogP contribution in [0, 0.1) is 44.6 Å². The van der Waals surface area contributed by atoms with E-state index >= 15 is 0 Å². The summed E-state index contributed by atoms with van der Waals surface area (Å²) in [6.07, 6.45) is 0. The summed E-state index contributed by atoms with van der Waals surface area (Å²) in [4.78, 5) is 0. The van der Waals surface area contributed by atoms with Crippen LogP contribution in [0.15, 0.2) is 0 Å². The molecule has 5 nitrogen and oxygen atoms in total. The zero-order chi connectivity index (χ0) is 4.00. The molecule has 0 rings (SSSR count). The quantitative estimate of drug-likeness (QED) is 0.233. The molecule has 0 bridgehead atoms. The summed E-state index contributed by atoms with van der Waals surface area (Å²) in [6.45, 7) is 0. The van der Waals surface area contributed by atoms with E-state index in [9.17, 15) is 0 Å². The summed E-state index contributed by atoms with van der Waals surface area (Å²) >= 11 is 0. The van der Waals surface area contributed by atoms with E-state index in [2.05, 4.69) is 0 Å². The second-order valence-corrected chi connectivity index (χ2v) is 0. The van der Waals surface area contributed by atoms with Crippen molar-refractivity contribution in [3.8, 4) is 0 Å². The SMILES string of the molecule is O.OO.OO.[CH3-].[CH3-].[CH3-].[CH3-].[CH3-].[CH3-].[Ti+3].[Ti+3]. The van der Waals surface area contributed by atoms with E-state index in [0.29, 0.717) is 0 Å². The van der Waals surface area contributed by atoms with Crippen LogP contribution >= 0.6 is 0 Å². The number of hydrogen-bond donors (Lipinski definition) is 4. The number of hydrogen-bond acceptors (Lipinski definition) is 4. The molecule has 13 heavy (non-hydrogen) atoms. The van der Waals surface area contributed by atoms with Crippen LogP contribution in [0.4, 0.5) is 0 Å². The molecule has 0 saturated carbocycles. The molecule has 0 aliphatic rings. The molecule has 7 heteroatoms. The Morgan fingerprint density at radius 3 is 0.385 bits per heavy atom. The Bertz CT molecular complexity index is 19.0. The zero-order valence-electron chi connectivity index (χ0n) is 9.29. The van der Waals surface area contributed by atoms with E-state index < -0.39 is 0 Å². The van der Waals surface area contributed by atoms with Gasteiger partial charge in [-0.3, -0.25) is 21.0 Å². The van der Waals surface area contributed by atoms with Gasteiger partial charge in [-0.05, 0) is 0 Å². The molecule has 6 N–H and O–H groups in total.